The van der Waals surface area contributed by atoms with E-state index in [1.807, 2.05) is 36.4 Å². The number of fused-ring (bicyclic) bond motifs is 1. The zero-order valence-corrected chi connectivity index (χ0v) is 33.4. The fourth-order valence-electron chi connectivity index (χ4n) is 4.90. The summed E-state index contributed by atoms with van der Waals surface area (Å²) in [6.07, 6.45) is 1.90. The van der Waals surface area contributed by atoms with Gasteiger partial charge >= 0.3 is 10.4 Å². The molecule has 5 aromatic carbocycles. The number of anilines is 2. The van der Waals surface area contributed by atoms with Crippen LogP contribution in [0, 0.1) is 11.4 Å². The molecular weight excluding hydrogens is 865 g/mol. The summed E-state index contributed by atoms with van der Waals surface area (Å²) >= 11 is 1.23. The fraction of sp³-hybridized carbons (Fsp3) is 0.0909. The summed E-state index contributed by atoms with van der Waals surface area (Å²) < 4.78 is 99.4. The summed E-state index contributed by atoms with van der Waals surface area (Å²) in [5.41, 5.74) is 6.03. The Morgan fingerprint density at radius 2 is 1.52 bits per heavy atom. The summed E-state index contributed by atoms with van der Waals surface area (Å²) in [5, 5.41) is 42.1. The number of sulfone groups is 1. The molecule has 0 radical (unpaired) electrons. The smallest absolute Gasteiger partial charge is 0.433 e. The maximum Gasteiger partial charge on any atom is 0.433 e. The lowest BCUT2D eigenvalue weighted by molar-refractivity contribution is -0.432. The molecule has 0 aliphatic carbocycles. The van der Waals surface area contributed by atoms with Crippen molar-refractivity contribution in [2.45, 2.75) is 19.6 Å². The number of hydrogen-bond acceptors (Lipinski definition) is 20. The number of nitrogens with two attached hydrogens (primary N) is 1. The van der Waals surface area contributed by atoms with Crippen LogP contribution in [0.15, 0.2) is 131 Å². The van der Waals surface area contributed by atoms with Gasteiger partial charge in [0, 0.05) is 29.4 Å². The molecule has 5 aromatic rings. The Kier molecular flexibility index (Phi) is 14.3. The van der Waals surface area contributed by atoms with Gasteiger partial charge in [-0.15, -0.1) is 14.6 Å². The van der Waals surface area contributed by atoms with Gasteiger partial charge in [-0.25, -0.2) is 13.7 Å². The predicted molar refractivity (Wildman–Crippen MR) is 211 cm³/mol. The molecule has 0 heterocycles. The van der Waals surface area contributed by atoms with E-state index in [-0.39, 0.29) is 49.9 Å². The molecular formula is C33H28N6O14S5. The number of nitrogen functional groups attached to an aromatic ring is 1. The van der Waals surface area contributed by atoms with Crippen molar-refractivity contribution in [2.75, 3.05) is 30.0 Å². The minimum absolute atomic E-state index is 0.0131. The molecule has 5 rings (SSSR count). The molecule has 0 aliphatic heterocycles. The number of hydrogen-bond donors (Lipinski definition) is 5. The number of para-hydroxylation sites is 1. The van der Waals surface area contributed by atoms with Gasteiger partial charge in [-0.2, -0.15) is 27.1 Å². The van der Waals surface area contributed by atoms with Gasteiger partial charge in [0.25, 0.3) is 10.1 Å². The lowest BCUT2D eigenvalue weighted by Crippen LogP contribution is -2.25. The molecule has 25 heteroatoms. The van der Waals surface area contributed by atoms with Gasteiger partial charge in [-0.3, -0.25) is 14.0 Å². The Bertz CT molecular complexity index is 2770. The Hall–Kier alpha value is -5.37. The Morgan fingerprint density at radius 1 is 0.828 bits per heavy atom. The van der Waals surface area contributed by atoms with Crippen LogP contribution in [0.3, 0.4) is 0 Å². The highest BCUT2D eigenvalue weighted by atomic mass is 32.3. The average molecular weight is 893 g/mol. The number of aromatic hydroxyl groups is 1. The highest BCUT2D eigenvalue weighted by molar-refractivity contribution is 8.04. The Morgan fingerprint density at radius 3 is 2.19 bits per heavy atom. The molecule has 0 bridgehead atoms. The first-order chi connectivity index (χ1) is 27.5. The molecule has 304 valence electrons. The van der Waals surface area contributed by atoms with Crippen molar-refractivity contribution in [3.8, 4) is 17.1 Å². The molecule has 0 amide bonds. The van der Waals surface area contributed by atoms with Crippen LogP contribution in [0.4, 0.5) is 34.1 Å². The summed E-state index contributed by atoms with van der Waals surface area (Å²) in [5.74, 6) is -0.919. The third-order valence-electron chi connectivity index (χ3n) is 7.56. The van der Waals surface area contributed by atoms with E-state index in [9.17, 15) is 34.9 Å². The molecule has 6 N–H and O–H groups in total. The van der Waals surface area contributed by atoms with Gasteiger partial charge in [-0.1, -0.05) is 29.3 Å². The molecule has 0 fully saturated rings. The largest absolute Gasteiger partial charge is 0.505 e. The van der Waals surface area contributed by atoms with Crippen LogP contribution < -0.4 is 10.6 Å². The number of azo groups is 2. The van der Waals surface area contributed by atoms with E-state index in [4.69, 9.17) is 15.5 Å². The molecule has 0 unspecified atom stereocenters. The normalized spacial score (nSPS) is 12.2. The van der Waals surface area contributed by atoms with Crippen molar-refractivity contribution < 1.29 is 63.3 Å². The van der Waals surface area contributed by atoms with Crippen LogP contribution in [0.2, 0.25) is 0 Å². The van der Waals surface area contributed by atoms with Gasteiger partial charge in [0.05, 0.1) is 50.0 Å². The SMILES string of the molecule is CN(CCS(=O)(=O)c1cccc(N=Nc2c(S(=O)(=O)O)cc3cc(SOOO)c(N=Nc4ccc(SC#COOS(=O)(=O)O)cc4)c(O)c3c2N)c1)c1ccccc1. The lowest BCUT2D eigenvalue weighted by Gasteiger charge is -2.19. The van der Waals surface area contributed by atoms with Gasteiger partial charge in [0.15, 0.2) is 21.7 Å². The zero-order chi connectivity index (χ0) is 42.1. The van der Waals surface area contributed by atoms with Crippen LogP contribution in [-0.2, 0) is 48.9 Å². The fourth-order valence-corrected chi connectivity index (χ4v) is 7.99. The quantitative estimate of drug-likeness (QED) is 0.00948. The van der Waals surface area contributed by atoms with Crippen molar-refractivity contribution in [1.82, 2.24) is 0 Å². The monoisotopic (exact) mass is 892 g/mol. The minimum Gasteiger partial charge on any atom is -0.505 e. The molecule has 58 heavy (non-hydrogen) atoms. The lowest BCUT2D eigenvalue weighted by atomic mass is 10.1. The standard InChI is InChI=1S/C33H28N6O14S5/c1-39(24-7-3-2-4-8-24)14-17-56(42,43)26-9-5-6-23(20-26)36-38-32-28(57(44,45)46)19-21-18-27(55-52-51-41)31(33(40)29(21)30(32)34)37-35-22-10-12-25(13-11-22)54-16-15-50-53-58(47,48)49/h2-13,18-20,40-41H,14,17,34H2,1H3,(H,44,45,46)(H,47,48,49). The highest BCUT2D eigenvalue weighted by Gasteiger charge is 2.26. The van der Waals surface area contributed by atoms with Crippen LogP contribution in [0.5, 0.6) is 5.75 Å². The minimum atomic E-state index is -5.06. The van der Waals surface area contributed by atoms with Gasteiger partial charge in [0.1, 0.15) is 16.3 Å². The number of rotatable bonds is 16. The number of benzene rings is 5. The van der Waals surface area contributed by atoms with Gasteiger partial charge in [0.2, 0.25) is 0 Å². The van der Waals surface area contributed by atoms with Crippen molar-refractivity contribution in [3.63, 3.8) is 0 Å². The maximum atomic E-state index is 13.2. The van der Waals surface area contributed by atoms with E-state index in [0.29, 0.717) is 16.9 Å². The Labute approximate surface area is 338 Å². The second-order valence-electron chi connectivity index (χ2n) is 11.4. The van der Waals surface area contributed by atoms with Gasteiger partial charge in [-0.05, 0) is 88.2 Å². The van der Waals surface area contributed by atoms with Crippen LogP contribution >= 0.6 is 23.8 Å². The second kappa shape index (κ2) is 18.9. The first kappa shape index (κ1) is 43.7. The van der Waals surface area contributed by atoms with Crippen LogP contribution in [0.25, 0.3) is 10.8 Å². The number of thioether (sulfide) groups is 1. The van der Waals surface area contributed by atoms with Crippen molar-refractivity contribution in [2.24, 2.45) is 20.5 Å². The van der Waals surface area contributed by atoms with Crippen LogP contribution in [0.1, 0.15) is 0 Å². The van der Waals surface area contributed by atoms with E-state index >= 15 is 0 Å². The molecule has 0 atom stereocenters. The second-order valence-corrected chi connectivity index (χ2v) is 17.5. The third kappa shape index (κ3) is 11.6. The zero-order valence-electron chi connectivity index (χ0n) is 29.3. The van der Waals surface area contributed by atoms with E-state index in [1.54, 1.807) is 11.9 Å². The average Bonchev–Trinajstić information content (AvgIpc) is 3.18. The maximum absolute atomic E-state index is 13.2. The Balaban J connectivity index is 1.47. The number of phenolic OH excluding ortho intramolecular Hbond substituents is 1. The van der Waals surface area contributed by atoms with E-state index in [1.165, 1.54) is 54.6 Å². The summed E-state index contributed by atoms with van der Waals surface area (Å²) in [6, 6.07) is 22.8. The number of nitrogens with zero attached hydrogens (tertiary/aromatic N) is 5. The molecule has 0 saturated carbocycles. The molecule has 0 saturated heterocycles. The first-order valence-electron chi connectivity index (χ1n) is 15.7. The van der Waals surface area contributed by atoms with E-state index < -0.39 is 52.4 Å². The van der Waals surface area contributed by atoms with Crippen molar-refractivity contribution in [1.29, 1.82) is 0 Å². The third-order valence-corrected chi connectivity index (χ3v) is 11.7. The van der Waals surface area contributed by atoms with Crippen molar-refractivity contribution >= 4 is 99.1 Å². The predicted octanol–water partition coefficient (Wildman–Crippen LogP) is 7.31. The summed E-state index contributed by atoms with van der Waals surface area (Å²) in [6.45, 7) is 0.174. The molecule has 0 spiro atoms. The van der Waals surface area contributed by atoms with Crippen LogP contribution in [-0.4, -0.2) is 64.1 Å². The molecule has 0 aromatic heterocycles. The van der Waals surface area contributed by atoms with Gasteiger partial charge < -0.3 is 15.7 Å². The molecule has 0 aliphatic rings. The topological polar surface area (TPSA) is 299 Å². The number of phenols is 1. The van der Waals surface area contributed by atoms with Crippen molar-refractivity contribution in [3.05, 3.63) is 91.0 Å². The summed E-state index contributed by atoms with van der Waals surface area (Å²) in [7, 11) is -12.0. The molecule has 20 nitrogen and oxygen atoms in total. The highest BCUT2D eigenvalue weighted by Crippen LogP contribution is 2.49. The van der Waals surface area contributed by atoms with E-state index in [2.05, 4.69) is 44.3 Å². The van der Waals surface area contributed by atoms with E-state index in [0.717, 1.165) is 23.5 Å². The summed E-state index contributed by atoms with van der Waals surface area (Å²) in [4.78, 5) is 5.35. The first-order valence-corrected chi connectivity index (χ1v) is 21.7.